The third-order valence-corrected chi connectivity index (χ3v) is 2.83. The van der Waals surface area contributed by atoms with Gasteiger partial charge in [0.15, 0.2) is 0 Å². The van der Waals surface area contributed by atoms with Crippen LogP contribution in [0.2, 0.25) is 0 Å². The number of hydrogen-bond acceptors (Lipinski definition) is 1. The van der Waals surface area contributed by atoms with Crippen molar-refractivity contribution in [1.82, 2.24) is 5.32 Å². The number of rotatable bonds is 4. The van der Waals surface area contributed by atoms with E-state index in [-0.39, 0.29) is 0 Å². The molecule has 0 saturated carbocycles. The van der Waals surface area contributed by atoms with E-state index in [1.54, 1.807) is 0 Å². The maximum Gasteiger partial charge on any atom is 0.0243 e. The first-order valence-electron chi connectivity index (χ1n) is 5.34. The Hall–Kier alpha value is -1.26. The van der Waals surface area contributed by atoms with Gasteiger partial charge in [-0.25, -0.2) is 0 Å². The summed E-state index contributed by atoms with van der Waals surface area (Å²) in [6.07, 6.45) is 7.11. The molecule has 0 fully saturated rings. The normalized spacial score (nSPS) is 12.1. The van der Waals surface area contributed by atoms with Crippen molar-refractivity contribution in [3.8, 4) is 12.3 Å². The second-order valence-corrected chi connectivity index (χ2v) is 4.02. The minimum absolute atomic E-state index is 0.386. The van der Waals surface area contributed by atoms with Crippen molar-refractivity contribution < 1.29 is 0 Å². The van der Waals surface area contributed by atoms with Gasteiger partial charge >= 0.3 is 0 Å². The van der Waals surface area contributed by atoms with Gasteiger partial charge in [0.05, 0.1) is 0 Å². The Labute approximate surface area is 92.9 Å². The minimum Gasteiger partial charge on any atom is -0.316 e. The van der Waals surface area contributed by atoms with Gasteiger partial charge in [0.2, 0.25) is 0 Å². The molecule has 1 aromatic rings. The van der Waals surface area contributed by atoms with Crippen LogP contribution in [-0.4, -0.2) is 13.1 Å². The summed E-state index contributed by atoms with van der Waals surface area (Å²) in [4.78, 5) is 0. The number of benzene rings is 1. The SMILES string of the molecule is C#CCC(Cc1ccc(C)c(C)c1)NC. The topological polar surface area (TPSA) is 12.0 Å². The summed E-state index contributed by atoms with van der Waals surface area (Å²) in [5.41, 5.74) is 4.05. The summed E-state index contributed by atoms with van der Waals surface area (Å²) in [6.45, 7) is 4.28. The van der Waals surface area contributed by atoms with E-state index < -0.39 is 0 Å². The first kappa shape index (κ1) is 11.8. The summed E-state index contributed by atoms with van der Waals surface area (Å²) < 4.78 is 0. The Bertz CT molecular complexity index is 360. The fourth-order valence-corrected chi connectivity index (χ4v) is 1.63. The van der Waals surface area contributed by atoms with Crippen molar-refractivity contribution in [2.75, 3.05) is 7.05 Å². The molecule has 0 aliphatic rings. The first-order valence-corrected chi connectivity index (χ1v) is 5.34. The molecule has 0 saturated heterocycles. The molecule has 0 radical (unpaired) electrons. The van der Waals surface area contributed by atoms with Crippen LogP contribution in [-0.2, 0) is 6.42 Å². The molecule has 1 N–H and O–H groups in total. The van der Waals surface area contributed by atoms with Crippen molar-refractivity contribution in [1.29, 1.82) is 0 Å². The van der Waals surface area contributed by atoms with Crippen LogP contribution in [0.1, 0.15) is 23.1 Å². The van der Waals surface area contributed by atoms with E-state index in [9.17, 15) is 0 Å². The Morgan fingerprint density at radius 1 is 1.33 bits per heavy atom. The lowest BCUT2D eigenvalue weighted by molar-refractivity contribution is 0.573. The molecule has 0 bridgehead atoms. The fourth-order valence-electron chi connectivity index (χ4n) is 1.63. The van der Waals surface area contributed by atoms with Crippen LogP contribution in [0.3, 0.4) is 0 Å². The Kier molecular flexibility index (Phi) is 4.39. The van der Waals surface area contributed by atoms with Crippen LogP contribution in [0.25, 0.3) is 0 Å². The summed E-state index contributed by atoms with van der Waals surface area (Å²) >= 11 is 0. The highest BCUT2D eigenvalue weighted by atomic mass is 14.9. The molecule has 0 aromatic heterocycles. The van der Waals surface area contributed by atoms with E-state index in [2.05, 4.69) is 43.3 Å². The summed E-state index contributed by atoms with van der Waals surface area (Å²) in [5, 5.41) is 3.24. The van der Waals surface area contributed by atoms with E-state index in [0.717, 1.165) is 12.8 Å². The average Bonchev–Trinajstić information content (AvgIpc) is 2.23. The highest BCUT2D eigenvalue weighted by Gasteiger charge is 2.05. The zero-order chi connectivity index (χ0) is 11.3. The molecule has 0 heterocycles. The largest absolute Gasteiger partial charge is 0.316 e. The Morgan fingerprint density at radius 2 is 2.07 bits per heavy atom. The van der Waals surface area contributed by atoms with Gasteiger partial charge in [0.25, 0.3) is 0 Å². The van der Waals surface area contributed by atoms with E-state index >= 15 is 0 Å². The molecule has 0 amide bonds. The average molecular weight is 201 g/mol. The molecule has 1 unspecified atom stereocenters. The van der Waals surface area contributed by atoms with Gasteiger partial charge in [-0.05, 0) is 44.0 Å². The van der Waals surface area contributed by atoms with Gasteiger partial charge in [-0.3, -0.25) is 0 Å². The molecule has 1 nitrogen and oxygen atoms in total. The van der Waals surface area contributed by atoms with E-state index in [1.165, 1.54) is 16.7 Å². The number of hydrogen-bond donors (Lipinski definition) is 1. The predicted octanol–water partition coefficient (Wildman–Crippen LogP) is 2.46. The molecule has 1 rings (SSSR count). The maximum absolute atomic E-state index is 5.32. The second-order valence-electron chi connectivity index (χ2n) is 4.02. The molecule has 1 atom stereocenters. The third-order valence-electron chi connectivity index (χ3n) is 2.83. The molecule has 0 aliphatic heterocycles. The molecule has 0 aliphatic carbocycles. The van der Waals surface area contributed by atoms with Crippen LogP contribution in [0.5, 0.6) is 0 Å². The first-order chi connectivity index (χ1) is 7.17. The Balaban J connectivity index is 2.71. The third kappa shape index (κ3) is 3.42. The lowest BCUT2D eigenvalue weighted by Gasteiger charge is -2.14. The van der Waals surface area contributed by atoms with Gasteiger partial charge in [-0.1, -0.05) is 18.2 Å². The van der Waals surface area contributed by atoms with Crippen molar-refractivity contribution in [2.24, 2.45) is 0 Å². The van der Waals surface area contributed by atoms with Gasteiger partial charge in [-0.15, -0.1) is 12.3 Å². The minimum atomic E-state index is 0.386. The van der Waals surface area contributed by atoms with E-state index in [4.69, 9.17) is 6.42 Å². The number of terminal acetylenes is 1. The van der Waals surface area contributed by atoms with Crippen molar-refractivity contribution >= 4 is 0 Å². The van der Waals surface area contributed by atoms with Crippen molar-refractivity contribution in [3.63, 3.8) is 0 Å². The van der Waals surface area contributed by atoms with Crippen LogP contribution in [0, 0.1) is 26.2 Å². The fraction of sp³-hybridized carbons (Fsp3) is 0.429. The zero-order valence-corrected chi connectivity index (χ0v) is 9.80. The molecule has 1 aromatic carbocycles. The van der Waals surface area contributed by atoms with Crippen LogP contribution < -0.4 is 5.32 Å². The van der Waals surface area contributed by atoms with Crippen molar-refractivity contribution in [2.45, 2.75) is 32.7 Å². The maximum atomic E-state index is 5.32. The lowest BCUT2D eigenvalue weighted by atomic mass is 10.00. The summed E-state index contributed by atoms with van der Waals surface area (Å²) in [6, 6.07) is 6.99. The van der Waals surface area contributed by atoms with Crippen molar-refractivity contribution in [3.05, 3.63) is 34.9 Å². The van der Waals surface area contributed by atoms with Gasteiger partial charge in [0.1, 0.15) is 0 Å². The second kappa shape index (κ2) is 5.58. The van der Waals surface area contributed by atoms with Gasteiger partial charge < -0.3 is 5.32 Å². The zero-order valence-electron chi connectivity index (χ0n) is 9.80. The molecular weight excluding hydrogens is 182 g/mol. The predicted molar refractivity (Wildman–Crippen MR) is 65.9 cm³/mol. The van der Waals surface area contributed by atoms with Crippen LogP contribution >= 0.6 is 0 Å². The Morgan fingerprint density at radius 3 is 2.60 bits per heavy atom. The number of aryl methyl sites for hydroxylation is 2. The number of likely N-dealkylation sites (N-methyl/N-ethyl adjacent to an activating group) is 1. The standard InChI is InChI=1S/C14H19N/c1-5-6-14(15-4)10-13-8-7-11(2)12(3)9-13/h1,7-9,14-15H,6,10H2,2-4H3. The highest BCUT2D eigenvalue weighted by Crippen LogP contribution is 2.12. The van der Waals surface area contributed by atoms with E-state index in [0.29, 0.717) is 6.04 Å². The van der Waals surface area contributed by atoms with Gasteiger partial charge in [0, 0.05) is 12.5 Å². The quantitative estimate of drug-likeness (QED) is 0.738. The highest BCUT2D eigenvalue weighted by molar-refractivity contribution is 5.30. The lowest BCUT2D eigenvalue weighted by Crippen LogP contribution is -2.26. The summed E-state index contributed by atoms with van der Waals surface area (Å²) in [5.74, 6) is 2.70. The smallest absolute Gasteiger partial charge is 0.0243 e. The monoisotopic (exact) mass is 201 g/mol. The molecule has 0 spiro atoms. The molecule has 15 heavy (non-hydrogen) atoms. The molecular formula is C14H19N. The van der Waals surface area contributed by atoms with Gasteiger partial charge in [-0.2, -0.15) is 0 Å². The molecule has 80 valence electrons. The summed E-state index contributed by atoms with van der Waals surface area (Å²) in [7, 11) is 1.96. The van der Waals surface area contributed by atoms with E-state index in [1.807, 2.05) is 7.05 Å². The number of nitrogens with one attached hydrogen (secondary N) is 1. The molecule has 1 heteroatoms. The van der Waals surface area contributed by atoms with Crippen LogP contribution in [0.4, 0.5) is 0 Å². The van der Waals surface area contributed by atoms with Crippen LogP contribution in [0.15, 0.2) is 18.2 Å².